The molecule has 0 heterocycles. The van der Waals surface area contributed by atoms with Crippen LogP contribution in [-0.2, 0) is 44.9 Å². The molecule has 52 heavy (non-hydrogen) atoms. The molecule has 4 aromatic carbocycles. The second-order valence-corrected chi connectivity index (χ2v) is 13.5. The lowest BCUT2D eigenvalue weighted by Gasteiger charge is -2.27. The van der Waals surface area contributed by atoms with Gasteiger partial charge in [-0.3, -0.25) is 19.2 Å². The Morgan fingerprint density at radius 3 is 0.923 bits per heavy atom. The topological polar surface area (TPSA) is 116 Å². The molecule has 0 fully saturated rings. The predicted molar refractivity (Wildman–Crippen MR) is 213 cm³/mol. The summed E-state index contributed by atoms with van der Waals surface area (Å²) in [6, 6.07) is 22.8. The van der Waals surface area contributed by atoms with Gasteiger partial charge in [0.15, 0.2) is 0 Å². The maximum atomic E-state index is 14.5. The first-order valence-electron chi connectivity index (χ1n) is 18.5. The quantitative estimate of drug-likeness (QED) is 0.0989. The van der Waals surface area contributed by atoms with E-state index >= 15 is 0 Å². The molecule has 8 nitrogen and oxygen atoms in total. The second-order valence-electron chi connectivity index (χ2n) is 13.5. The summed E-state index contributed by atoms with van der Waals surface area (Å²) in [5, 5.41) is 12.0. The van der Waals surface area contributed by atoms with Crippen LogP contribution in [-0.4, -0.2) is 23.6 Å². The van der Waals surface area contributed by atoms with E-state index in [0.717, 1.165) is 70.2 Å². The number of carbonyl (C=O) groups is 4. The fourth-order valence-corrected chi connectivity index (χ4v) is 6.90. The molecule has 0 aliphatic carbocycles. The molecular formula is C44H54N4O4. The van der Waals surface area contributed by atoms with Crippen molar-refractivity contribution < 1.29 is 19.2 Å². The van der Waals surface area contributed by atoms with Crippen LogP contribution in [0.2, 0.25) is 0 Å². The Labute approximate surface area is 309 Å². The summed E-state index contributed by atoms with van der Waals surface area (Å²) in [5.74, 6) is -4.26. The molecule has 0 saturated carbocycles. The summed E-state index contributed by atoms with van der Waals surface area (Å²) >= 11 is 0. The van der Waals surface area contributed by atoms with Crippen molar-refractivity contribution in [1.82, 2.24) is 0 Å². The molecule has 4 N–H and O–H groups in total. The fourth-order valence-electron chi connectivity index (χ4n) is 6.90. The van der Waals surface area contributed by atoms with Gasteiger partial charge >= 0.3 is 0 Å². The van der Waals surface area contributed by atoms with Gasteiger partial charge in [0.2, 0.25) is 23.6 Å². The number of nitrogens with one attached hydrogen (secondary N) is 4. The van der Waals surface area contributed by atoms with E-state index in [9.17, 15) is 19.2 Å². The van der Waals surface area contributed by atoms with Gasteiger partial charge in [-0.15, -0.1) is 0 Å². The van der Waals surface area contributed by atoms with E-state index in [2.05, 4.69) is 35.1 Å². The standard InChI is InChI=1S/C44H54N4O4/c1-9-31-17-13-21-37(27(31)5)45-41(49)25-35(43(51)47-39-23-15-19-33(11-3)29(39)7)36(44(52)48-40-24-16-20-34(12-4)30(40)8)26-42(50)46-38-22-14-18-32(10-2)28(38)6/h13-24,35-36H,9-12,25-26H2,1-8H3,(H,45,49)(H,46,50)(H,47,51)(H,48,52). The van der Waals surface area contributed by atoms with Gasteiger partial charge in [-0.05, 0) is 122 Å². The number of hydrogen-bond acceptors (Lipinski definition) is 4. The van der Waals surface area contributed by atoms with Gasteiger partial charge in [-0.2, -0.15) is 0 Å². The van der Waals surface area contributed by atoms with E-state index in [0.29, 0.717) is 22.7 Å². The molecule has 0 spiro atoms. The zero-order chi connectivity index (χ0) is 37.9. The second kappa shape index (κ2) is 18.3. The van der Waals surface area contributed by atoms with Crippen molar-refractivity contribution in [3.8, 4) is 0 Å². The van der Waals surface area contributed by atoms with E-state index < -0.39 is 35.5 Å². The number of hydrogen-bond donors (Lipinski definition) is 4. The Bertz CT molecular complexity index is 1790. The Morgan fingerprint density at radius 1 is 0.423 bits per heavy atom. The van der Waals surface area contributed by atoms with Crippen molar-refractivity contribution in [3.05, 3.63) is 117 Å². The summed E-state index contributed by atoms with van der Waals surface area (Å²) in [6.45, 7) is 16.0. The van der Waals surface area contributed by atoms with Crippen LogP contribution in [0.15, 0.2) is 72.8 Å². The van der Waals surface area contributed by atoms with Crippen LogP contribution >= 0.6 is 0 Å². The Balaban J connectivity index is 1.76. The normalized spacial score (nSPS) is 12.1. The van der Waals surface area contributed by atoms with Crippen LogP contribution < -0.4 is 21.3 Å². The van der Waals surface area contributed by atoms with Gasteiger partial charge in [0, 0.05) is 35.6 Å². The molecule has 4 aromatic rings. The predicted octanol–water partition coefficient (Wildman–Crippen LogP) is 9.04. The zero-order valence-corrected chi connectivity index (χ0v) is 32.0. The number of rotatable bonds is 15. The number of amides is 4. The van der Waals surface area contributed by atoms with Crippen molar-refractivity contribution >= 4 is 46.4 Å². The number of benzene rings is 4. The maximum Gasteiger partial charge on any atom is 0.228 e. The van der Waals surface area contributed by atoms with Crippen LogP contribution in [0.4, 0.5) is 22.7 Å². The summed E-state index contributed by atoms with van der Waals surface area (Å²) in [4.78, 5) is 56.7. The van der Waals surface area contributed by atoms with Crippen LogP contribution in [0.25, 0.3) is 0 Å². The molecule has 0 aliphatic heterocycles. The molecule has 0 radical (unpaired) electrons. The van der Waals surface area contributed by atoms with E-state index in [1.54, 1.807) is 0 Å². The fraction of sp³-hybridized carbons (Fsp3) is 0.364. The average Bonchev–Trinajstić information content (AvgIpc) is 3.13. The minimum Gasteiger partial charge on any atom is -0.326 e. The van der Waals surface area contributed by atoms with Gasteiger partial charge in [-0.25, -0.2) is 0 Å². The summed E-state index contributed by atoms with van der Waals surface area (Å²) in [6.07, 6.45) is 2.51. The minimum absolute atomic E-state index is 0.322. The number of anilines is 4. The zero-order valence-electron chi connectivity index (χ0n) is 32.0. The highest BCUT2D eigenvalue weighted by Gasteiger charge is 2.38. The third-order valence-electron chi connectivity index (χ3n) is 10.3. The highest BCUT2D eigenvalue weighted by molar-refractivity contribution is 6.05. The Hall–Kier alpha value is -5.24. The smallest absolute Gasteiger partial charge is 0.228 e. The summed E-state index contributed by atoms with van der Waals surface area (Å²) in [7, 11) is 0. The first-order valence-corrected chi connectivity index (χ1v) is 18.5. The first kappa shape index (κ1) is 39.5. The lowest BCUT2D eigenvalue weighted by Crippen LogP contribution is -2.41. The first-order chi connectivity index (χ1) is 24.9. The minimum atomic E-state index is -1.19. The molecule has 0 aliphatic rings. The maximum absolute atomic E-state index is 14.5. The molecular weight excluding hydrogens is 649 g/mol. The molecule has 0 saturated heterocycles. The van der Waals surface area contributed by atoms with Crippen molar-refractivity contribution in [3.63, 3.8) is 0 Å². The van der Waals surface area contributed by atoms with Crippen LogP contribution in [0.3, 0.4) is 0 Å². The SMILES string of the molecule is CCc1cccc(NC(=O)CC(C(=O)Nc2cccc(CC)c2C)C(CC(=O)Nc2cccc(CC)c2C)C(=O)Nc2cccc(CC)c2C)c1C. The third kappa shape index (κ3) is 9.55. The van der Waals surface area contributed by atoms with Gasteiger partial charge < -0.3 is 21.3 Å². The Morgan fingerprint density at radius 2 is 0.673 bits per heavy atom. The van der Waals surface area contributed by atoms with Crippen LogP contribution in [0.5, 0.6) is 0 Å². The molecule has 2 atom stereocenters. The lowest BCUT2D eigenvalue weighted by atomic mass is 9.84. The van der Waals surface area contributed by atoms with Gasteiger partial charge in [0.1, 0.15) is 0 Å². The Kier molecular flexibility index (Phi) is 13.9. The molecule has 0 bridgehead atoms. The van der Waals surface area contributed by atoms with E-state index in [1.165, 1.54) is 0 Å². The highest BCUT2D eigenvalue weighted by Crippen LogP contribution is 2.30. The van der Waals surface area contributed by atoms with Gasteiger partial charge in [0.05, 0.1) is 11.8 Å². The number of carbonyl (C=O) groups excluding carboxylic acids is 4. The summed E-state index contributed by atoms with van der Waals surface area (Å²) < 4.78 is 0. The lowest BCUT2D eigenvalue weighted by molar-refractivity contribution is -0.134. The van der Waals surface area contributed by atoms with E-state index in [4.69, 9.17) is 0 Å². The van der Waals surface area contributed by atoms with Crippen LogP contribution in [0, 0.1) is 39.5 Å². The molecule has 0 aromatic heterocycles. The van der Waals surface area contributed by atoms with Crippen LogP contribution in [0.1, 0.15) is 85.0 Å². The van der Waals surface area contributed by atoms with E-state index in [1.807, 2.05) is 114 Å². The average molecular weight is 703 g/mol. The van der Waals surface area contributed by atoms with Gasteiger partial charge in [-0.1, -0.05) is 76.2 Å². The largest absolute Gasteiger partial charge is 0.326 e. The van der Waals surface area contributed by atoms with Crippen molar-refractivity contribution in [2.75, 3.05) is 21.3 Å². The third-order valence-corrected chi connectivity index (χ3v) is 10.3. The van der Waals surface area contributed by atoms with Gasteiger partial charge in [0.25, 0.3) is 0 Å². The molecule has 274 valence electrons. The van der Waals surface area contributed by atoms with E-state index in [-0.39, 0.29) is 12.8 Å². The highest BCUT2D eigenvalue weighted by atomic mass is 16.2. The van der Waals surface area contributed by atoms with Crippen molar-refractivity contribution in [2.24, 2.45) is 11.8 Å². The summed E-state index contributed by atoms with van der Waals surface area (Å²) in [5.41, 5.74) is 10.5. The van der Waals surface area contributed by atoms with Crippen molar-refractivity contribution in [1.29, 1.82) is 0 Å². The van der Waals surface area contributed by atoms with Crippen molar-refractivity contribution in [2.45, 2.75) is 93.9 Å². The molecule has 4 rings (SSSR count). The number of aryl methyl sites for hydroxylation is 4. The molecule has 4 amide bonds. The molecule has 2 unspecified atom stereocenters. The molecule has 8 heteroatoms. The monoisotopic (exact) mass is 702 g/mol.